The van der Waals surface area contributed by atoms with E-state index in [2.05, 4.69) is 12.2 Å². The van der Waals surface area contributed by atoms with Crippen LogP contribution >= 0.6 is 11.8 Å². The SMILES string of the molecule is CCNC(COC)CSc1ccoc1C. The molecule has 1 rings (SSSR count). The Hall–Kier alpha value is -0.450. The molecule has 0 aliphatic carbocycles. The summed E-state index contributed by atoms with van der Waals surface area (Å²) in [5.74, 6) is 2.00. The van der Waals surface area contributed by atoms with Gasteiger partial charge in [0.15, 0.2) is 0 Å². The standard InChI is InChI=1S/C11H19NO2S/c1-4-12-10(7-13-3)8-15-11-5-6-14-9(11)2/h5-6,10,12H,4,7-8H2,1-3H3. The molecule has 0 fully saturated rings. The van der Waals surface area contributed by atoms with Crippen molar-refractivity contribution in [2.24, 2.45) is 0 Å². The molecule has 3 nitrogen and oxygen atoms in total. The van der Waals surface area contributed by atoms with Crippen molar-refractivity contribution in [1.82, 2.24) is 5.32 Å². The molecule has 1 N–H and O–H groups in total. The Morgan fingerprint density at radius 2 is 2.40 bits per heavy atom. The van der Waals surface area contributed by atoms with Crippen LogP contribution in [0.3, 0.4) is 0 Å². The van der Waals surface area contributed by atoms with E-state index < -0.39 is 0 Å². The van der Waals surface area contributed by atoms with Crippen LogP contribution in [0.25, 0.3) is 0 Å². The first-order valence-electron chi connectivity index (χ1n) is 5.17. The van der Waals surface area contributed by atoms with E-state index in [4.69, 9.17) is 9.15 Å². The predicted molar refractivity (Wildman–Crippen MR) is 63.5 cm³/mol. The Morgan fingerprint density at radius 3 is 2.93 bits per heavy atom. The third kappa shape index (κ3) is 4.28. The van der Waals surface area contributed by atoms with Gasteiger partial charge in [0.1, 0.15) is 5.76 Å². The number of rotatable bonds is 7. The zero-order chi connectivity index (χ0) is 11.1. The van der Waals surface area contributed by atoms with Gasteiger partial charge in [-0.05, 0) is 19.5 Å². The summed E-state index contributed by atoms with van der Waals surface area (Å²) in [6.45, 7) is 5.81. The lowest BCUT2D eigenvalue weighted by molar-refractivity contribution is 0.174. The molecule has 1 aromatic heterocycles. The Balaban J connectivity index is 2.36. The molecule has 1 unspecified atom stereocenters. The fourth-order valence-corrected chi connectivity index (χ4v) is 2.37. The molecule has 0 saturated heterocycles. The molecule has 0 radical (unpaired) electrons. The molecule has 0 aliphatic rings. The van der Waals surface area contributed by atoms with Gasteiger partial charge in [-0.15, -0.1) is 11.8 Å². The fourth-order valence-electron chi connectivity index (χ4n) is 1.37. The first-order chi connectivity index (χ1) is 7.27. The normalized spacial score (nSPS) is 13.0. The molecule has 0 aromatic carbocycles. The Labute approximate surface area is 95.6 Å². The number of hydrogen-bond donors (Lipinski definition) is 1. The fraction of sp³-hybridized carbons (Fsp3) is 0.636. The zero-order valence-electron chi connectivity index (χ0n) is 9.58. The zero-order valence-corrected chi connectivity index (χ0v) is 10.4. The van der Waals surface area contributed by atoms with Crippen molar-refractivity contribution in [2.45, 2.75) is 24.8 Å². The van der Waals surface area contributed by atoms with Crippen molar-refractivity contribution < 1.29 is 9.15 Å². The predicted octanol–water partition coefficient (Wildman–Crippen LogP) is 2.30. The van der Waals surface area contributed by atoms with Crippen molar-refractivity contribution in [3.05, 3.63) is 18.1 Å². The summed E-state index contributed by atoms with van der Waals surface area (Å²) < 4.78 is 10.4. The molecule has 0 spiro atoms. The van der Waals surface area contributed by atoms with Gasteiger partial charge in [0.25, 0.3) is 0 Å². The van der Waals surface area contributed by atoms with E-state index in [0.717, 1.165) is 24.7 Å². The highest BCUT2D eigenvalue weighted by molar-refractivity contribution is 7.99. The van der Waals surface area contributed by atoms with Gasteiger partial charge in [-0.3, -0.25) is 0 Å². The third-order valence-corrected chi connectivity index (χ3v) is 3.42. The van der Waals surface area contributed by atoms with Crippen molar-refractivity contribution in [1.29, 1.82) is 0 Å². The second kappa shape index (κ2) is 6.93. The molecule has 0 bridgehead atoms. The second-order valence-corrected chi connectivity index (χ2v) is 4.42. The van der Waals surface area contributed by atoms with Gasteiger partial charge in [-0.2, -0.15) is 0 Å². The van der Waals surface area contributed by atoms with E-state index in [-0.39, 0.29) is 0 Å². The lowest BCUT2D eigenvalue weighted by Crippen LogP contribution is -2.35. The second-order valence-electron chi connectivity index (χ2n) is 3.36. The number of ether oxygens (including phenoxy) is 1. The summed E-state index contributed by atoms with van der Waals surface area (Å²) in [6, 6.07) is 2.41. The molecule has 0 aliphatic heterocycles. The van der Waals surface area contributed by atoms with Gasteiger partial charge in [-0.25, -0.2) is 0 Å². The van der Waals surface area contributed by atoms with Crippen LogP contribution in [0.1, 0.15) is 12.7 Å². The minimum atomic E-state index is 0.402. The van der Waals surface area contributed by atoms with Crippen molar-refractivity contribution in [3.63, 3.8) is 0 Å². The summed E-state index contributed by atoms with van der Waals surface area (Å²) in [5.41, 5.74) is 0. The van der Waals surface area contributed by atoms with E-state index >= 15 is 0 Å². The van der Waals surface area contributed by atoms with Crippen molar-refractivity contribution in [2.75, 3.05) is 26.0 Å². The lowest BCUT2D eigenvalue weighted by Gasteiger charge is -2.15. The number of aryl methyl sites for hydroxylation is 1. The Morgan fingerprint density at radius 1 is 1.60 bits per heavy atom. The van der Waals surface area contributed by atoms with Crippen LogP contribution in [0.15, 0.2) is 21.6 Å². The molecule has 1 aromatic rings. The molecule has 15 heavy (non-hydrogen) atoms. The lowest BCUT2D eigenvalue weighted by atomic mass is 10.3. The molecule has 1 heterocycles. The number of methoxy groups -OCH3 is 1. The van der Waals surface area contributed by atoms with Gasteiger partial charge >= 0.3 is 0 Å². The van der Waals surface area contributed by atoms with Crippen LogP contribution in [0, 0.1) is 6.92 Å². The largest absolute Gasteiger partial charge is 0.468 e. The Kier molecular flexibility index (Phi) is 5.83. The minimum absolute atomic E-state index is 0.402. The number of hydrogen-bond acceptors (Lipinski definition) is 4. The van der Waals surface area contributed by atoms with Crippen molar-refractivity contribution in [3.8, 4) is 0 Å². The molecule has 0 saturated carbocycles. The van der Waals surface area contributed by atoms with Gasteiger partial charge < -0.3 is 14.5 Å². The third-order valence-electron chi connectivity index (χ3n) is 2.11. The maximum atomic E-state index is 5.24. The average Bonchev–Trinajstić information content (AvgIpc) is 2.61. The van der Waals surface area contributed by atoms with Gasteiger partial charge in [0.2, 0.25) is 0 Å². The van der Waals surface area contributed by atoms with Crippen LogP contribution in [-0.4, -0.2) is 32.1 Å². The molecular formula is C11H19NO2S. The Bertz CT molecular complexity index is 269. The number of furan rings is 1. The van der Waals surface area contributed by atoms with E-state index in [1.54, 1.807) is 25.1 Å². The van der Waals surface area contributed by atoms with Gasteiger partial charge in [0, 0.05) is 23.8 Å². The minimum Gasteiger partial charge on any atom is -0.468 e. The molecular weight excluding hydrogens is 210 g/mol. The van der Waals surface area contributed by atoms with Crippen LogP contribution in [0.2, 0.25) is 0 Å². The maximum Gasteiger partial charge on any atom is 0.114 e. The van der Waals surface area contributed by atoms with Crippen LogP contribution in [-0.2, 0) is 4.74 Å². The van der Waals surface area contributed by atoms with E-state index in [9.17, 15) is 0 Å². The first kappa shape index (κ1) is 12.6. The summed E-state index contributed by atoms with van der Waals surface area (Å²) >= 11 is 1.81. The van der Waals surface area contributed by atoms with E-state index in [0.29, 0.717) is 6.04 Å². The monoisotopic (exact) mass is 229 g/mol. The quantitative estimate of drug-likeness (QED) is 0.728. The van der Waals surface area contributed by atoms with Crippen LogP contribution in [0.5, 0.6) is 0 Å². The van der Waals surface area contributed by atoms with Gasteiger partial charge in [0.05, 0.1) is 12.9 Å². The van der Waals surface area contributed by atoms with E-state index in [1.807, 2.05) is 13.0 Å². The summed E-state index contributed by atoms with van der Waals surface area (Å²) in [5, 5.41) is 3.39. The molecule has 0 amide bonds. The summed E-state index contributed by atoms with van der Waals surface area (Å²) in [6.07, 6.45) is 1.73. The molecule has 86 valence electrons. The van der Waals surface area contributed by atoms with Crippen LogP contribution in [0.4, 0.5) is 0 Å². The van der Waals surface area contributed by atoms with Crippen molar-refractivity contribution >= 4 is 11.8 Å². The first-order valence-corrected chi connectivity index (χ1v) is 6.15. The molecule has 1 atom stereocenters. The highest BCUT2D eigenvalue weighted by atomic mass is 32.2. The number of thioether (sulfide) groups is 1. The smallest absolute Gasteiger partial charge is 0.114 e. The van der Waals surface area contributed by atoms with Gasteiger partial charge in [-0.1, -0.05) is 6.92 Å². The number of likely N-dealkylation sites (N-methyl/N-ethyl adjacent to an activating group) is 1. The molecule has 4 heteroatoms. The van der Waals surface area contributed by atoms with E-state index in [1.165, 1.54) is 4.90 Å². The average molecular weight is 229 g/mol. The highest BCUT2D eigenvalue weighted by Crippen LogP contribution is 2.23. The summed E-state index contributed by atoms with van der Waals surface area (Å²) in [4.78, 5) is 1.22. The maximum absolute atomic E-state index is 5.24. The highest BCUT2D eigenvalue weighted by Gasteiger charge is 2.09. The number of nitrogens with one attached hydrogen (secondary N) is 1. The topological polar surface area (TPSA) is 34.4 Å². The summed E-state index contributed by atoms with van der Waals surface area (Å²) in [7, 11) is 1.73. The van der Waals surface area contributed by atoms with Crippen LogP contribution < -0.4 is 5.32 Å².